The summed E-state index contributed by atoms with van der Waals surface area (Å²) in [5, 5.41) is 3.81. The molecule has 0 fully saturated rings. The number of aromatic nitrogens is 3. The molecule has 0 aliphatic carbocycles. The number of nitrogens with zero attached hydrogens (tertiary/aromatic N) is 3. The smallest absolute Gasteiger partial charge is 0.238 e. The van der Waals surface area contributed by atoms with Crippen molar-refractivity contribution in [3.05, 3.63) is 34.7 Å². The molecule has 0 aliphatic rings. The third kappa shape index (κ3) is 4.72. The summed E-state index contributed by atoms with van der Waals surface area (Å²) in [6.07, 6.45) is 1.50. The van der Waals surface area contributed by atoms with Gasteiger partial charge in [0.25, 0.3) is 0 Å². The van der Waals surface area contributed by atoms with Gasteiger partial charge in [-0.1, -0.05) is 23.4 Å². The first-order valence-corrected chi connectivity index (χ1v) is 8.80. The molecule has 1 atom stereocenters. The Morgan fingerprint density at radius 2 is 2.21 bits per heavy atom. The van der Waals surface area contributed by atoms with Gasteiger partial charge in [0.1, 0.15) is 5.82 Å². The lowest BCUT2D eigenvalue weighted by atomic mass is 10.4. The van der Waals surface area contributed by atoms with Crippen molar-refractivity contribution in [1.82, 2.24) is 14.5 Å². The van der Waals surface area contributed by atoms with E-state index in [-0.39, 0.29) is 11.2 Å². The summed E-state index contributed by atoms with van der Waals surface area (Å²) >= 11 is 7.21. The van der Waals surface area contributed by atoms with Gasteiger partial charge in [-0.05, 0) is 32.9 Å². The van der Waals surface area contributed by atoms with Gasteiger partial charge in [0.15, 0.2) is 5.16 Å². The molecule has 2 rings (SSSR count). The highest BCUT2D eigenvalue weighted by Gasteiger charge is 2.20. The molecule has 130 valence electrons. The van der Waals surface area contributed by atoms with Gasteiger partial charge in [0, 0.05) is 25.5 Å². The molecule has 0 spiro atoms. The Balaban J connectivity index is 2.05. The van der Waals surface area contributed by atoms with Crippen molar-refractivity contribution in [3.63, 3.8) is 0 Å². The summed E-state index contributed by atoms with van der Waals surface area (Å²) < 4.78 is 7.23. The van der Waals surface area contributed by atoms with E-state index >= 15 is 0 Å². The number of halogens is 1. The number of carbonyl (C=O) groups excluding carboxylic acids is 1. The third-order valence-electron chi connectivity index (χ3n) is 3.57. The summed E-state index contributed by atoms with van der Waals surface area (Å²) in [5.74, 6) is 0.346. The fourth-order valence-corrected chi connectivity index (χ4v) is 3.19. The largest absolute Gasteiger partial charge is 0.383 e. The van der Waals surface area contributed by atoms with Crippen LogP contribution in [-0.4, -0.2) is 39.4 Å². The topological polar surface area (TPSA) is 69.0 Å². The fourth-order valence-electron chi connectivity index (χ4n) is 2.05. The second kappa shape index (κ2) is 8.50. The average molecular weight is 369 g/mol. The number of amides is 1. The molecule has 1 N–H and O–H groups in total. The predicted molar refractivity (Wildman–Crippen MR) is 96.8 cm³/mol. The maximum Gasteiger partial charge on any atom is 0.238 e. The Kier molecular flexibility index (Phi) is 6.65. The maximum atomic E-state index is 12.4. The molecule has 0 aliphatic heterocycles. The van der Waals surface area contributed by atoms with E-state index in [0.29, 0.717) is 24.0 Å². The maximum absolute atomic E-state index is 12.4. The molecule has 0 aromatic carbocycles. The number of hydrogen-bond acceptors (Lipinski definition) is 5. The summed E-state index contributed by atoms with van der Waals surface area (Å²) in [6, 6.07) is 3.36. The first kappa shape index (κ1) is 18.8. The molecule has 6 nitrogen and oxygen atoms in total. The number of ether oxygens (including phenoxy) is 1. The molecule has 24 heavy (non-hydrogen) atoms. The van der Waals surface area contributed by atoms with E-state index in [0.717, 1.165) is 16.5 Å². The lowest BCUT2D eigenvalue weighted by Crippen LogP contribution is -2.23. The minimum atomic E-state index is -0.315. The number of carbonyl (C=O) groups is 1. The average Bonchev–Trinajstić information content (AvgIpc) is 2.81. The van der Waals surface area contributed by atoms with Crippen molar-refractivity contribution in [2.75, 3.05) is 19.0 Å². The van der Waals surface area contributed by atoms with Gasteiger partial charge in [-0.3, -0.25) is 4.79 Å². The van der Waals surface area contributed by atoms with Gasteiger partial charge in [-0.25, -0.2) is 9.97 Å². The van der Waals surface area contributed by atoms with Gasteiger partial charge >= 0.3 is 0 Å². The summed E-state index contributed by atoms with van der Waals surface area (Å²) in [7, 11) is 1.67. The van der Waals surface area contributed by atoms with Gasteiger partial charge in [-0.2, -0.15) is 0 Å². The van der Waals surface area contributed by atoms with Crippen LogP contribution in [0.1, 0.15) is 18.3 Å². The predicted octanol–water partition coefficient (Wildman–Crippen LogP) is 3.31. The van der Waals surface area contributed by atoms with Crippen molar-refractivity contribution in [1.29, 1.82) is 0 Å². The van der Waals surface area contributed by atoms with Crippen LogP contribution in [0.15, 0.2) is 23.5 Å². The van der Waals surface area contributed by atoms with E-state index in [1.54, 1.807) is 19.2 Å². The normalized spacial score (nSPS) is 12.2. The Morgan fingerprint density at radius 1 is 1.46 bits per heavy atom. The molecule has 0 saturated carbocycles. The van der Waals surface area contributed by atoms with Crippen molar-refractivity contribution < 1.29 is 9.53 Å². The summed E-state index contributed by atoms with van der Waals surface area (Å²) in [4.78, 5) is 21.0. The minimum absolute atomic E-state index is 0.133. The Bertz CT molecular complexity index is 703. The monoisotopic (exact) mass is 368 g/mol. The first-order valence-electron chi connectivity index (χ1n) is 7.54. The number of pyridine rings is 1. The number of hydrogen-bond donors (Lipinski definition) is 1. The highest BCUT2D eigenvalue weighted by atomic mass is 35.5. The molecule has 0 saturated heterocycles. The number of nitrogens with one attached hydrogen (secondary N) is 1. The second-order valence-electron chi connectivity index (χ2n) is 5.32. The SMILES string of the molecule is COCCn1c(SC(C)C(=O)Nc2ccc(Cl)cn2)nc(C)c1C. The van der Waals surface area contributed by atoms with E-state index in [1.165, 1.54) is 18.0 Å². The zero-order chi connectivity index (χ0) is 17.7. The number of rotatable bonds is 7. The Labute approximate surface area is 151 Å². The number of thioether (sulfide) groups is 1. The molecule has 2 heterocycles. The first-order chi connectivity index (χ1) is 11.4. The van der Waals surface area contributed by atoms with Crippen LogP contribution in [0.5, 0.6) is 0 Å². The highest BCUT2D eigenvalue weighted by molar-refractivity contribution is 8.00. The van der Waals surface area contributed by atoms with Gasteiger partial charge < -0.3 is 14.6 Å². The van der Waals surface area contributed by atoms with Gasteiger partial charge in [-0.15, -0.1) is 0 Å². The second-order valence-corrected chi connectivity index (χ2v) is 7.07. The Hall–Kier alpha value is -1.57. The van der Waals surface area contributed by atoms with Crippen LogP contribution in [-0.2, 0) is 16.1 Å². The summed E-state index contributed by atoms with van der Waals surface area (Å²) in [6.45, 7) is 7.13. The molecule has 1 amide bonds. The lowest BCUT2D eigenvalue weighted by Gasteiger charge is -2.13. The number of anilines is 1. The van der Waals surface area contributed by atoms with Crippen LogP contribution in [0.25, 0.3) is 0 Å². The molecule has 2 aromatic heterocycles. The van der Waals surface area contributed by atoms with E-state index in [1.807, 2.05) is 20.8 Å². The lowest BCUT2D eigenvalue weighted by molar-refractivity contribution is -0.115. The summed E-state index contributed by atoms with van der Waals surface area (Å²) in [5.41, 5.74) is 2.04. The van der Waals surface area contributed by atoms with E-state index in [9.17, 15) is 4.79 Å². The van der Waals surface area contributed by atoms with Crippen LogP contribution in [0.2, 0.25) is 5.02 Å². The molecule has 8 heteroatoms. The van der Waals surface area contributed by atoms with E-state index in [4.69, 9.17) is 16.3 Å². The van der Waals surface area contributed by atoms with Gasteiger partial charge in [0.2, 0.25) is 5.91 Å². The fraction of sp³-hybridized carbons (Fsp3) is 0.438. The van der Waals surface area contributed by atoms with Crippen molar-refractivity contribution in [2.45, 2.75) is 37.7 Å². The quantitative estimate of drug-likeness (QED) is 0.759. The van der Waals surface area contributed by atoms with Crippen LogP contribution in [0.3, 0.4) is 0 Å². The minimum Gasteiger partial charge on any atom is -0.383 e. The molecular formula is C16H21ClN4O2S. The van der Waals surface area contributed by atoms with Crippen molar-refractivity contribution >= 4 is 35.1 Å². The molecule has 0 radical (unpaired) electrons. The molecular weight excluding hydrogens is 348 g/mol. The van der Waals surface area contributed by atoms with Gasteiger partial charge in [0.05, 0.1) is 22.6 Å². The number of methoxy groups -OCH3 is 1. The van der Waals surface area contributed by atoms with Crippen LogP contribution < -0.4 is 5.32 Å². The van der Waals surface area contributed by atoms with Crippen LogP contribution in [0.4, 0.5) is 5.82 Å². The zero-order valence-corrected chi connectivity index (χ0v) is 15.7. The molecule has 2 aromatic rings. The van der Waals surface area contributed by atoms with E-state index in [2.05, 4.69) is 19.9 Å². The number of aryl methyl sites for hydroxylation is 1. The zero-order valence-electron chi connectivity index (χ0n) is 14.2. The van der Waals surface area contributed by atoms with Crippen molar-refractivity contribution in [3.8, 4) is 0 Å². The third-order valence-corrected chi connectivity index (χ3v) is 4.89. The molecule has 1 unspecified atom stereocenters. The number of imidazole rings is 1. The van der Waals surface area contributed by atoms with E-state index < -0.39 is 0 Å². The standard InChI is InChI=1S/C16H21ClN4O2S/c1-10-11(2)21(7-8-23-4)16(19-10)24-12(3)15(22)20-14-6-5-13(17)9-18-14/h5-6,9,12H,7-8H2,1-4H3,(H,18,20,22). The Morgan fingerprint density at radius 3 is 2.83 bits per heavy atom. The molecule has 0 bridgehead atoms. The van der Waals surface area contributed by atoms with Crippen molar-refractivity contribution in [2.24, 2.45) is 0 Å². The van der Waals surface area contributed by atoms with Crippen LogP contribution in [0, 0.1) is 13.8 Å². The highest BCUT2D eigenvalue weighted by Crippen LogP contribution is 2.26. The van der Waals surface area contributed by atoms with Crippen LogP contribution >= 0.6 is 23.4 Å².